The maximum atomic E-state index is 6.33. The summed E-state index contributed by atoms with van der Waals surface area (Å²) in [6, 6.07) is 28.8. The highest BCUT2D eigenvalue weighted by Crippen LogP contribution is 2.32. The summed E-state index contributed by atoms with van der Waals surface area (Å²) in [7, 11) is 1.68. The Morgan fingerprint density at radius 3 is 2.52 bits per heavy atom. The van der Waals surface area contributed by atoms with Gasteiger partial charge in [-0.25, -0.2) is 4.98 Å². The molecule has 0 radical (unpaired) electrons. The van der Waals surface area contributed by atoms with Gasteiger partial charge in [0.1, 0.15) is 11.6 Å². The van der Waals surface area contributed by atoms with E-state index in [1.54, 1.807) is 7.11 Å². The molecule has 29 heavy (non-hydrogen) atoms. The first kappa shape index (κ1) is 17.8. The Hall–Kier alpha value is -3.30. The zero-order valence-corrected chi connectivity index (χ0v) is 16.7. The van der Waals surface area contributed by atoms with Gasteiger partial charge in [0, 0.05) is 17.1 Å². The molecule has 0 unspecified atom stereocenters. The van der Waals surface area contributed by atoms with Gasteiger partial charge >= 0.3 is 0 Å². The molecule has 0 aliphatic rings. The molecule has 0 aliphatic heterocycles. The van der Waals surface area contributed by atoms with Crippen LogP contribution < -0.4 is 4.74 Å². The summed E-state index contributed by atoms with van der Waals surface area (Å²) in [4.78, 5) is 4.98. The van der Waals surface area contributed by atoms with Gasteiger partial charge in [-0.2, -0.15) is 0 Å². The van der Waals surface area contributed by atoms with E-state index in [2.05, 4.69) is 59.2 Å². The van der Waals surface area contributed by atoms with Gasteiger partial charge in [0.15, 0.2) is 0 Å². The number of benzene rings is 4. The third-order valence-corrected chi connectivity index (χ3v) is 5.48. The van der Waals surface area contributed by atoms with Gasteiger partial charge in [0.2, 0.25) is 0 Å². The van der Waals surface area contributed by atoms with Crippen molar-refractivity contribution in [1.82, 2.24) is 9.55 Å². The molecular weight excluding hydrogens is 380 g/mol. The van der Waals surface area contributed by atoms with Crippen LogP contribution in [0, 0.1) is 0 Å². The van der Waals surface area contributed by atoms with Gasteiger partial charge in [-0.1, -0.05) is 66.2 Å². The Balaban J connectivity index is 1.73. The molecule has 0 N–H and O–H groups in total. The molecule has 142 valence electrons. The van der Waals surface area contributed by atoms with Gasteiger partial charge in [-0.15, -0.1) is 0 Å². The predicted octanol–water partition coefficient (Wildman–Crippen LogP) is 6.57. The van der Waals surface area contributed by atoms with Crippen molar-refractivity contribution in [2.45, 2.75) is 6.54 Å². The first-order chi connectivity index (χ1) is 14.2. The number of fused-ring (bicyclic) bond motifs is 2. The monoisotopic (exact) mass is 398 g/mol. The van der Waals surface area contributed by atoms with Crippen molar-refractivity contribution in [3.05, 3.63) is 95.5 Å². The van der Waals surface area contributed by atoms with E-state index in [0.717, 1.165) is 28.2 Å². The smallest absolute Gasteiger partial charge is 0.142 e. The fraction of sp³-hybridized carbons (Fsp3) is 0.0800. The molecule has 4 heteroatoms. The van der Waals surface area contributed by atoms with Crippen molar-refractivity contribution in [2.24, 2.45) is 0 Å². The lowest BCUT2D eigenvalue weighted by atomic mass is 10.0. The van der Waals surface area contributed by atoms with Crippen LogP contribution in [0.1, 0.15) is 5.56 Å². The molecule has 0 amide bonds. The third kappa shape index (κ3) is 3.24. The highest BCUT2D eigenvalue weighted by atomic mass is 35.5. The maximum absolute atomic E-state index is 6.33. The van der Waals surface area contributed by atoms with Crippen LogP contribution in [0.25, 0.3) is 33.2 Å². The third-order valence-electron chi connectivity index (χ3n) is 5.24. The fourth-order valence-corrected chi connectivity index (χ4v) is 3.96. The first-order valence-electron chi connectivity index (χ1n) is 9.50. The summed E-state index contributed by atoms with van der Waals surface area (Å²) >= 11 is 6.33. The molecule has 3 nitrogen and oxygen atoms in total. The zero-order valence-electron chi connectivity index (χ0n) is 16.0. The molecule has 0 saturated carbocycles. The maximum Gasteiger partial charge on any atom is 0.142 e. The summed E-state index contributed by atoms with van der Waals surface area (Å²) < 4.78 is 7.54. The van der Waals surface area contributed by atoms with Crippen LogP contribution in [0.3, 0.4) is 0 Å². The van der Waals surface area contributed by atoms with Crippen molar-refractivity contribution in [1.29, 1.82) is 0 Å². The minimum atomic E-state index is 0.694. The molecule has 0 spiro atoms. The topological polar surface area (TPSA) is 27.1 Å². The Bertz CT molecular complexity index is 1320. The van der Waals surface area contributed by atoms with Crippen LogP contribution in [0.5, 0.6) is 5.75 Å². The normalized spacial score (nSPS) is 11.2. The van der Waals surface area contributed by atoms with Gasteiger partial charge < -0.3 is 9.30 Å². The number of hydrogen-bond acceptors (Lipinski definition) is 2. The molecule has 0 saturated heterocycles. The van der Waals surface area contributed by atoms with Crippen LogP contribution in [0.4, 0.5) is 0 Å². The van der Waals surface area contributed by atoms with E-state index in [0.29, 0.717) is 11.6 Å². The number of methoxy groups -OCH3 is 1. The van der Waals surface area contributed by atoms with Gasteiger partial charge in [-0.05, 0) is 46.7 Å². The average Bonchev–Trinajstić information content (AvgIpc) is 3.11. The Labute approximate surface area is 174 Å². The largest absolute Gasteiger partial charge is 0.497 e. The van der Waals surface area contributed by atoms with E-state index in [1.165, 1.54) is 16.3 Å². The molecule has 0 fully saturated rings. The average molecular weight is 399 g/mol. The van der Waals surface area contributed by atoms with Crippen molar-refractivity contribution < 1.29 is 4.74 Å². The van der Waals surface area contributed by atoms with Crippen molar-refractivity contribution in [2.75, 3.05) is 7.11 Å². The molecule has 5 aromatic rings. The van der Waals surface area contributed by atoms with E-state index >= 15 is 0 Å². The molecule has 0 bridgehead atoms. The zero-order chi connectivity index (χ0) is 19.8. The summed E-state index contributed by atoms with van der Waals surface area (Å²) in [6.07, 6.45) is 0. The minimum absolute atomic E-state index is 0.694. The fourth-order valence-electron chi connectivity index (χ4n) is 3.80. The van der Waals surface area contributed by atoms with Crippen molar-refractivity contribution in [3.8, 4) is 17.1 Å². The second-order valence-corrected chi connectivity index (χ2v) is 7.47. The Morgan fingerprint density at radius 2 is 1.69 bits per heavy atom. The van der Waals surface area contributed by atoms with E-state index in [4.69, 9.17) is 21.3 Å². The predicted molar refractivity (Wildman–Crippen MR) is 120 cm³/mol. The SMILES string of the molecule is COc1ccc(Cn2c(-c3cccc4ccccc34)nc3ccc(Cl)cc32)cc1. The molecule has 4 aromatic carbocycles. The second kappa shape index (κ2) is 7.26. The second-order valence-electron chi connectivity index (χ2n) is 7.03. The number of rotatable bonds is 4. The molecule has 1 aromatic heterocycles. The highest BCUT2D eigenvalue weighted by molar-refractivity contribution is 6.31. The van der Waals surface area contributed by atoms with E-state index in [9.17, 15) is 0 Å². The van der Waals surface area contributed by atoms with Gasteiger partial charge in [-0.3, -0.25) is 0 Å². The minimum Gasteiger partial charge on any atom is -0.497 e. The Morgan fingerprint density at radius 1 is 0.897 bits per heavy atom. The molecule has 0 aliphatic carbocycles. The van der Waals surface area contributed by atoms with Gasteiger partial charge in [0.25, 0.3) is 0 Å². The highest BCUT2D eigenvalue weighted by Gasteiger charge is 2.15. The van der Waals surface area contributed by atoms with Crippen LogP contribution in [-0.4, -0.2) is 16.7 Å². The number of imidazole rings is 1. The number of ether oxygens (including phenoxy) is 1. The van der Waals surface area contributed by atoms with Crippen LogP contribution in [0.2, 0.25) is 5.02 Å². The molecular formula is C25H19ClN2O. The standard InChI is InChI=1S/C25H19ClN2O/c1-29-20-12-9-17(10-13-20)16-28-24-15-19(26)11-14-23(24)27-25(28)22-8-4-6-18-5-2-3-7-21(18)22/h2-15H,16H2,1H3. The van der Waals surface area contributed by atoms with Crippen LogP contribution in [-0.2, 0) is 6.54 Å². The van der Waals surface area contributed by atoms with Crippen LogP contribution in [0.15, 0.2) is 84.9 Å². The van der Waals surface area contributed by atoms with E-state index in [-0.39, 0.29) is 0 Å². The summed E-state index contributed by atoms with van der Waals surface area (Å²) in [6.45, 7) is 0.694. The molecule has 5 rings (SSSR count). The lowest BCUT2D eigenvalue weighted by Crippen LogP contribution is -2.02. The Kier molecular flexibility index (Phi) is 4.45. The number of aromatic nitrogens is 2. The van der Waals surface area contributed by atoms with Gasteiger partial charge in [0.05, 0.1) is 18.1 Å². The first-order valence-corrected chi connectivity index (χ1v) is 9.87. The quantitative estimate of drug-likeness (QED) is 0.342. The summed E-state index contributed by atoms with van der Waals surface area (Å²) in [5, 5.41) is 3.09. The van der Waals surface area contributed by atoms with E-state index < -0.39 is 0 Å². The number of hydrogen-bond donors (Lipinski definition) is 0. The molecule has 0 atom stereocenters. The molecule has 1 heterocycles. The van der Waals surface area contributed by atoms with E-state index in [1.807, 2.05) is 30.3 Å². The van der Waals surface area contributed by atoms with Crippen LogP contribution >= 0.6 is 11.6 Å². The van der Waals surface area contributed by atoms with Crippen molar-refractivity contribution in [3.63, 3.8) is 0 Å². The van der Waals surface area contributed by atoms with Crippen molar-refractivity contribution >= 4 is 33.4 Å². The summed E-state index contributed by atoms with van der Waals surface area (Å²) in [5.74, 6) is 1.79. The summed E-state index contributed by atoms with van der Waals surface area (Å²) in [5.41, 5.74) is 4.25. The number of halogens is 1. The number of nitrogens with zero attached hydrogens (tertiary/aromatic N) is 2. The lowest BCUT2D eigenvalue weighted by molar-refractivity contribution is 0.414. The lowest BCUT2D eigenvalue weighted by Gasteiger charge is -2.12.